The average molecular weight is 383 g/mol. The van der Waals surface area contributed by atoms with Crippen molar-refractivity contribution >= 4 is 28.1 Å². The van der Waals surface area contributed by atoms with Crippen LogP contribution in [0.1, 0.15) is 22.2 Å². The fourth-order valence-electron chi connectivity index (χ4n) is 3.33. The van der Waals surface area contributed by atoms with Crippen LogP contribution in [0, 0.1) is 0 Å². The lowest BCUT2D eigenvalue weighted by molar-refractivity contribution is -0.137. The van der Waals surface area contributed by atoms with Crippen molar-refractivity contribution < 1.29 is 22.7 Å². The van der Waals surface area contributed by atoms with E-state index in [-0.39, 0.29) is 18.1 Å². The van der Waals surface area contributed by atoms with Crippen molar-refractivity contribution in [3.63, 3.8) is 0 Å². The molecule has 0 amide bonds. The number of carbonyl (C=O) groups excluding carboxylic acids is 1. The second-order valence-corrected chi connectivity index (χ2v) is 7.22. The van der Waals surface area contributed by atoms with Gasteiger partial charge in [-0.15, -0.1) is 0 Å². The Hall–Kier alpha value is -2.29. The van der Waals surface area contributed by atoms with Crippen molar-refractivity contribution in [3.05, 3.63) is 40.9 Å². The van der Waals surface area contributed by atoms with E-state index < -0.39 is 11.7 Å². The summed E-state index contributed by atoms with van der Waals surface area (Å²) in [7, 11) is 0. The highest BCUT2D eigenvalue weighted by Gasteiger charge is 2.52. The predicted octanol–water partition coefficient (Wildman–Crippen LogP) is 3.42. The van der Waals surface area contributed by atoms with Gasteiger partial charge in [0.25, 0.3) is 0 Å². The number of piperazine rings is 1. The standard InChI is InChI=1S/C17H16F3N3O2S/c1-2-25-15(24)14-7-21-16(26-14)23-9-12-13(23)8-22(12)11-5-3-4-10(6-11)17(18,19)20/h3-7,12-13H,2,8-9H2,1H3. The molecule has 2 aliphatic rings. The molecule has 138 valence electrons. The number of thiazole rings is 1. The van der Waals surface area contributed by atoms with Crippen LogP contribution in [0.3, 0.4) is 0 Å². The lowest BCUT2D eigenvalue weighted by atomic mass is 9.85. The Bertz CT molecular complexity index is 839. The molecule has 0 radical (unpaired) electrons. The molecule has 1 aromatic heterocycles. The van der Waals surface area contributed by atoms with E-state index in [9.17, 15) is 18.0 Å². The van der Waals surface area contributed by atoms with Crippen molar-refractivity contribution in [1.82, 2.24) is 4.98 Å². The van der Waals surface area contributed by atoms with E-state index in [2.05, 4.69) is 9.88 Å². The molecule has 2 saturated heterocycles. The second-order valence-electron chi connectivity index (χ2n) is 6.22. The van der Waals surface area contributed by atoms with Crippen LogP contribution in [0.25, 0.3) is 0 Å². The number of rotatable bonds is 4. The highest BCUT2D eigenvalue weighted by Crippen LogP contribution is 2.42. The van der Waals surface area contributed by atoms with E-state index in [4.69, 9.17) is 4.74 Å². The van der Waals surface area contributed by atoms with Crippen LogP contribution in [-0.4, -0.2) is 42.7 Å². The minimum atomic E-state index is -4.34. The van der Waals surface area contributed by atoms with Gasteiger partial charge >= 0.3 is 12.1 Å². The number of hydrogen-bond donors (Lipinski definition) is 0. The van der Waals surface area contributed by atoms with Gasteiger partial charge in [-0.1, -0.05) is 17.4 Å². The molecule has 0 saturated carbocycles. The molecule has 0 bridgehead atoms. The summed E-state index contributed by atoms with van der Waals surface area (Å²) in [5, 5.41) is 0.748. The maximum atomic E-state index is 12.9. The predicted molar refractivity (Wildman–Crippen MR) is 91.8 cm³/mol. The fourth-order valence-corrected chi connectivity index (χ4v) is 4.20. The summed E-state index contributed by atoms with van der Waals surface area (Å²) in [5.41, 5.74) is -0.0410. The molecule has 26 heavy (non-hydrogen) atoms. The molecule has 3 heterocycles. The Morgan fingerprint density at radius 1 is 1.31 bits per heavy atom. The Balaban J connectivity index is 1.42. The van der Waals surface area contributed by atoms with Crippen LogP contribution in [0.4, 0.5) is 24.0 Å². The first-order valence-electron chi connectivity index (χ1n) is 8.22. The maximum Gasteiger partial charge on any atom is 0.416 e. The molecule has 2 unspecified atom stereocenters. The summed E-state index contributed by atoms with van der Waals surface area (Å²) < 4.78 is 43.6. The van der Waals surface area contributed by atoms with Crippen LogP contribution in [-0.2, 0) is 10.9 Å². The third-order valence-electron chi connectivity index (χ3n) is 4.73. The van der Waals surface area contributed by atoms with Gasteiger partial charge in [-0.05, 0) is 25.1 Å². The third kappa shape index (κ3) is 2.80. The molecule has 0 aliphatic carbocycles. The zero-order chi connectivity index (χ0) is 18.5. The van der Waals surface area contributed by atoms with Crippen molar-refractivity contribution in [1.29, 1.82) is 0 Å². The Morgan fingerprint density at radius 3 is 2.69 bits per heavy atom. The van der Waals surface area contributed by atoms with E-state index in [0.29, 0.717) is 30.3 Å². The maximum absolute atomic E-state index is 12.9. The summed E-state index contributed by atoms with van der Waals surface area (Å²) in [6.45, 7) is 3.38. The summed E-state index contributed by atoms with van der Waals surface area (Å²) in [6.07, 6.45) is -2.83. The van der Waals surface area contributed by atoms with Gasteiger partial charge in [0.05, 0.1) is 30.5 Å². The minimum absolute atomic E-state index is 0.174. The number of alkyl halides is 3. The van der Waals surface area contributed by atoms with Crippen LogP contribution in [0.5, 0.6) is 0 Å². The first-order chi connectivity index (χ1) is 12.4. The van der Waals surface area contributed by atoms with E-state index in [1.54, 1.807) is 13.0 Å². The van der Waals surface area contributed by atoms with E-state index >= 15 is 0 Å². The average Bonchev–Trinajstić information content (AvgIpc) is 3.06. The quantitative estimate of drug-likeness (QED) is 0.757. The Morgan fingerprint density at radius 2 is 2.04 bits per heavy atom. The van der Waals surface area contributed by atoms with Crippen molar-refractivity contribution in [3.8, 4) is 0 Å². The number of aromatic nitrogens is 1. The van der Waals surface area contributed by atoms with Crippen LogP contribution in [0.15, 0.2) is 30.5 Å². The zero-order valence-electron chi connectivity index (χ0n) is 13.9. The van der Waals surface area contributed by atoms with Gasteiger partial charge in [0.2, 0.25) is 0 Å². The molecule has 5 nitrogen and oxygen atoms in total. The first kappa shape index (κ1) is 17.1. The number of hydrogen-bond acceptors (Lipinski definition) is 6. The fraction of sp³-hybridized carbons (Fsp3) is 0.412. The number of ether oxygens (including phenoxy) is 1. The molecule has 0 spiro atoms. The summed E-state index contributed by atoms with van der Waals surface area (Å²) in [6, 6.07) is 5.81. The molecule has 1 aromatic carbocycles. The number of benzene rings is 1. The number of carbonyl (C=O) groups is 1. The minimum Gasteiger partial charge on any atom is -0.462 e. The number of nitrogens with zero attached hydrogens (tertiary/aromatic N) is 3. The normalized spacial score (nSPS) is 21.7. The van der Waals surface area contributed by atoms with Crippen molar-refractivity contribution in [2.24, 2.45) is 0 Å². The van der Waals surface area contributed by atoms with Gasteiger partial charge < -0.3 is 14.5 Å². The summed E-state index contributed by atoms with van der Waals surface area (Å²) >= 11 is 1.28. The Labute approximate surface area is 152 Å². The first-order valence-corrected chi connectivity index (χ1v) is 9.03. The molecule has 0 N–H and O–H groups in total. The van der Waals surface area contributed by atoms with E-state index in [0.717, 1.165) is 11.2 Å². The number of anilines is 2. The van der Waals surface area contributed by atoms with Gasteiger partial charge in [0.1, 0.15) is 4.88 Å². The lowest BCUT2D eigenvalue weighted by Crippen LogP contribution is -2.79. The van der Waals surface area contributed by atoms with Gasteiger partial charge in [-0.2, -0.15) is 13.2 Å². The third-order valence-corrected chi connectivity index (χ3v) is 5.75. The van der Waals surface area contributed by atoms with Gasteiger partial charge in [-0.25, -0.2) is 9.78 Å². The van der Waals surface area contributed by atoms with E-state index in [1.165, 1.54) is 29.7 Å². The largest absolute Gasteiger partial charge is 0.462 e. The van der Waals surface area contributed by atoms with Crippen molar-refractivity contribution in [2.45, 2.75) is 25.2 Å². The highest BCUT2D eigenvalue weighted by atomic mass is 32.1. The summed E-state index contributed by atoms with van der Waals surface area (Å²) in [5.74, 6) is -0.382. The zero-order valence-corrected chi connectivity index (χ0v) is 14.7. The van der Waals surface area contributed by atoms with E-state index in [1.807, 2.05) is 4.90 Å². The Kier molecular flexibility index (Phi) is 4.06. The number of halogens is 3. The SMILES string of the molecule is CCOC(=O)c1cnc(N2CC3C2CN3c2cccc(C(F)(F)F)c2)s1. The van der Waals surface area contributed by atoms with Crippen LogP contribution in [0.2, 0.25) is 0 Å². The number of esters is 1. The van der Waals surface area contributed by atoms with Crippen molar-refractivity contribution in [2.75, 3.05) is 29.5 Å². The molecule has 2 atom stereocenters. The second kappa shape index (κ2) is 6.15. The summed E-state index contributed by atoms with van der Waals surface area (Å²) in [4.78, 5) is 20.5. The molecule has 2 fully saturated rings. The van der Waals surface area contributed by atoms with Gasteiger partial charge in [-0.3, -0.25) is 0 Å². The molecule has 2 aromatic rings. The smallest absolute Gasteiger partial charge is 0.416 e. The van der Waals surface area contributed by atoms with Gasteiger partial charge in [0.15, 0.2) is 5.13 Å². The lowest BCUT2D eigenvalue weighted by Gasteiger charge is -2.62. The monoisotopic (exact) mass is 383 g/mol. The van der Waals surface area contributed by atoms with Crippen LogP contribution < -0.4 is 9.80 Å². The molecular formula is C17H16F3N3O2S. The molecule has 2 aliphatic heterocycles. The molecular weight excluding hydrogens is 367 g/mol. The van der Waals surface area contributed by atoms with Gasteiger partial charge in [0, 0.05) is 18.8 Å². The van der Waals surface area contributed by atoms with Crippen LogP contribution >= 0.6 is 11.3 Å². The highest BCUT2D eigenvalue weighted by molar-refractivity contribution is 7.17. The number of fused-ring (bicyclic) bond motifs is 1. The molecule has 9 heteroatoms. The topological polar surface area (TPSA) is 45.7 Å². The molecule has 4 rings (SSSR count).